The molecule has 1 heterocycles. The van der Waals surface area contributed by atoms with Gasteiger partial charge in [0.2, 0.25) is 0 Å². The van der Waals surface area contributed by atoms with Gasteiger partial charge in [-0.2, -0.15) is 5.10 Å². The van der Waals surface area contributed by atoms with E-state index in [1.54, 1.807) is 0 Å². The third-order valence-corrected chi connectivity index (χ3v) is 6.30. The lowest BCUT2D eigenvalue weighted by atomic mass is 10.1. The quantitative estimate of drug-likeness (QED) is 0.522. The summed E-state index contributed by atoms with van der Waals surface area (Å²) in [4.78, 5) is 26.4. The van der Waals surface area contributed by atoms with E-state index in [9.17, 15) is 9.59 Å². The summed E-state index contributed by atoms with van der Waals surface area (Å²) in [5.41, 5.74) is 4.59. The molecular weight excluding hydrogens is 378 g/mol. The standard InChI is InChI=1S/C24H33N3O3/c1-17-22(15-16-23(28)30-4)18(2)27(25-17)21-13-11-19(12-14-21)24(29)26(3)20-9-7-5-6-8-10-20/h11-14,20H,5-10,15-16H2,1-4H3. The molecule has 1 amide bonds. The van der Waals surface area contributed by atoms with Crippen molar-refractivity contribution in [3.05, 3.63) is 46.8 Å². The number of esters is 1. The van der Waals surface area contributed by atoms with Crippen LogP contribution in [0, 0.1) is 13.8 Å². The van der Waals surface area contributed by atoms with E-state index >= 15 is 0 Å². The lowest BCUT2D eigenvalue weighted by Crippen LogP contribution is -2.36. The fourth-order valence-electron chi connectivity index (χ4n) is 4.38. The number of ether oxygens (including phenoxy) is 1. The number of carbonyl (C=O) groups is 2. The molecule has 0 radical (unpaired) electrons. The number of benzene rings is 1. The van der Waals surface area contributed by atoms with Crippen LogP contribution in [-0.4, -0.2) is 46.8 Å². The van der Waals surface area contributed by atoms with E-state index in [4.69, 9.17) is 4.74 Å². The zero-order chi connectivity index (χ0) is 21.7. The van der Waals surface area contributed by atoms with Gasteiger partial charge in [-0.1, -0.05) is 25.7 Å². The Kier molecular flexibility index (Phi) is 7.29. The smallest absolute Gasteiger partial charge is 0.305 e. The second kappa shape index (κ2) is 9.92. The molecule has 6 heteroatoms. The number of rotatable bonds is 6. The maximum Gasteiger partial charge on any atom is 0.305 e. The van der Waals surface area contributed by atoms with Crippen LogP contribution in [0.25, 0.3) is 5.69 Å². The number of aromatic nitrogens is 2. The minimum Gasteiger partial charge on any atom is -0.469 e. The van der Waals surface area contributed by atoms with Crippen LogP contribution in [0.4, 0.5) is 0 Å². The number of amides is 1. The van der Waals surface area contributed by atoms with Crippen LogP contribution in [0.2, 0.25) is 0 Å². The summed E-state index contributed by atoms with van der Waals surface area (Å²) in [6, 6.07) is 7.99. The Hall–Kier alpha value is -2.63. The summed E-state index contributed by atoms with van der Waals surface area (Å²) in [7, 11) is 3.34. The SMILES string of the molecule is COC(=O)CCc1c(C)nn(-c2ccc(C(=O)N(C)C3CCCCCC3)cc2)c1C. The molecule has 1 aliphatic carbocycles. The number of carbonyl (C=O) groups excluding carboxylic acids is 2. The topological polar surface area (TPSA) is 64.4 Å². The van der Waals surface area contributed by atoms with Gasteiger partial charge in [0.25, 0.3) is 5.91 Å². The van der Waals surface area contributed by atoms with E-state index in [1.165, 1.54) is 32.8 Å². The molecule has 0 unspecified atom stereocenters. The molecule has 6 nitrogen and oxygen atoms in total. The molecular formula is C24H33N3O3. The maximum absolute atomic E-state index is 13.0. The van der Waals surface area contributed by atoms with E-state index < -0.39 is 0 Å². The molecule has 0 aliphatic heterocycles. The molecule has 0 saturated heterocycles. The van der Waals surface area contributed by atoms with E-state index in [-0.39, 0.29) is 11.9 Å². The minimum atomic E-state index is -0.220. The predicted molar refractivity (Wildman–Crippen MR) is 117 cm³/mol. The Bertz CT molecular complexity index is 878. The van der Waals surface area contributed by atoms with Gasteiger partial charge in [-0.05, 0) is 62.9 Å². The van der Waals surface area contributed by atoms with Crippen molar-refractivity contribution in [2.45, 2.75) is 71.3 Å². The minimum absolute atomic E-state index is 0.0839. The first-order chi connectivity index (χ1) is 14.4. The first-order valence-corrected chi connectivity index (χ1v) is 10.9. The van der Waals surface area contributed by atoms with E-state index in [1.807, 2.05) is 54.7 Å². The Balaban J connectivity index is 1.74. The Morgan fingerprint density at radius 1 is 1.10 bits per heavy atom. The monoisotopic (exact) mass is 411 g/mol. The highest BCUT2D eigenvalue weighted by Crippen LogP contribution is 2.23. The molecule has 0 N–H and O–H groups in total. The van der Waals surface area contributed by atoms with E-state index in [0.717, 1.165) is 35.5 Å². The van der Waals surface area contributed by atoms with Gasteiger partial charge in [-0.25, -0.2) is 4.68 Å². The number of hydrogen-bond donors (Lipinski definition) is 0. The third kappa shape index (κ3) is 4.91. The molecule has 0 spiro atoms. The summed E-state index contributed by atoms with van der Waals surface area (Å²) in [5.74, 6) is -0.136. The molecule has 2 aromatic rings. The number of nitrogens with zero attached hydrogens (tertiary/aromatic N) is 3. The van der Waals surface area contributed by atoms with Gasteiger partial charge in [-0.3, -0.25) is 9.59 Å². The fraction of sp³-hybridized carbons (Fsp3) is 0.542. The average molecular weight is 412 g/mol. The second-order valence-corrected chi connectivity index (χ2v) is 8.25. The normalized spacial score (nSPS) is 14.9. The fourth-order valence-corrected chi connectivity index (χ4v) is 4.38. The molecule has 0 atom stereocenters. The zero-order valence-electron chi connectivity index (χ0n) is 18.6. The number of hydrogen-bond acceptors (Lipinski definition) is 4. The van der Waals surface area contributed by atoms with Crippen LogP contribution in [0.15, 0.2) is 24.3 Å². The molecule has 3 rings (SSSR count). The first kappa shape index (κ1) is 22.1. The van der Waals surface area contributed by atoms with E-state index in [2.05, 4.69) is 5.10 Å². The van der Waals surface area contributed by atoms with Crippen molar-refractivity contribution in [1.29, 1.82) is 0 Å². The van der Waals surface area contributed by atoms with Crippen molar-refractivity contribution in [2.75, 3.05) is 14.2 Å². The first-order valence-electron chi connectivity index (χ1n) is 10.9. The molecule has 1 fully saturated rings. The van der Waals surface area contributed by atoms with Crippen LogP contribution in [0.1, 0.15) is 72.3 Å². The summed E-state index contributed by atoms with van der Waals surface area (Å²) in [6.45, 7) is 3.96. The summed E-state index contributed by atoms with van der Waals surface area (Å²) >= 11 is 0. The predicted octanol–water partition coefficient (Wildman–Crippen LogP) is 4.39. The lowest BCUT2D eigenvalue weighted by Gasteiger charge is -2.27. The summed E-state index contributed by atoms with van der Waals surface area (Å²) in [5, 5.41) is 4.65. The maximum atomic E-state index is 13.0. The van der Waals surface area contributed by atoms with Crippen molar-refractivity contribution in [2.24, 2.45) is 0 Å². The van der Waals surface area contributed by atoms with Gasteiger partial charge in [-0.15, -0.1) is 0 Å². The largest absolute Gasteiger partial charge is 0.469 e. The van der Waals surface area contributed by atoms with Crippen LogP contribution in [0.3, 0.4) is 0 Å². The van der Waals surface area contributed by atoms with Gasteiger partial charge in [0.05, 0.1) is 18.5 Å². The van der Waals surface area contributed by atoms with Gasteiger partial charge in [0.1, 0.15) is 0 Å². The van der Waals surface area contributed by atoms with Crippen molar-refractivity contribution in [3.63, 3.8) is 0 Å². The van der Waals surface area contributed by atoms with Crippen molar-refractivity contribution in [1.82, 2.24) is 14.7 Å². The molecule has 1 saturated carbocycles. The molecule has 0 bridgehead atoms. The van der Waals surface area contributed by atoms with Gasteiger partial charge in [0.15, 0.2) is 0 Å². The molecule has 1 aliphatic rings. The highest BCUT2D eigenvalue weighted by molar-refractivity contribution is 5.94. The Labute approximate surface area is 179 Å². The average Bonchev–Trinajstić information content (AvgIpc) is 2.94. The van der Waals surface area contributed by atoms with Crippen molar-refractivity contribution in [3.8, 4) is 5.69 Å². The van der Waals surface area contributed by atoms with Crippen molar-refractivity contribution >= 4 is 11.9 Å². The summed E-state index contributed by atoms with van der Waals surface area (Å²) < 4.78 is 6.63. The molecule has 30 heavy (non-hydrogen) atoms. The van der Waals surface area contributed by atoms with Crippen molar-refractivity contribution < 1.29 is 14.3 Å². The highest BCUT2D eigenvalue weighted by atomic mass is 16.5. The third-order valence-electron chi connectivity index (χ3n) is 6.30. The lowest BCUT2D eigenvalue weighted by molar-refractivity contribution is -0.140. The Morgan fingerprint density at radius 3 is 2.33 bits per heavy atom. The van der Waals surface area contributed by atoms with Gasteiger partial charge >= 0.3 is 5.97 Å². The number of aryl methyl sites for hydroxylation is 1. The number of methoxy groups -OCH3 is 1. The van der Waals surface area contributed by atoms with Crippen LogP contribution < -0.4 is 0 Å². The van der Waals surface area contributed by atoms with Crippen LogP contribution in [0.5, 0.6) is 0 Å². The van der Waals surface area contributed by atoms with E-state index in [0.29, 0.717) is 24.4 Å². The second-order valence-electron chi connectivity index (χ2n) is 8.25. The molecule has 1 aromatic heterocycles. The highest BCUT2D eigenvalue weighted by Gasteiger charge is 2.22. The van der Waals surface area contributed by atoms with Gasteiger partial charge in [0, 0.05) is 30.8 Å². The van der Waals surface area contributed by atoms with Crippen LogP contribution in [-0.2, 0) is 16.0 Å². The van der Waals surface area contributed by atoms with Crippen LogP contribution >= 0.6 is 0 Å². The molecule has 1 aromatic carbocycles. The molecule has 162 valence electrons. The zero-order valence-corrected chi connectivity index (χ0v) is 18.6. The summed E-state index contributed by atoms with van der Waals surface area (Å²) in [6.07, 6.45) is 8.10. The Morgan fingerprint density at radius 2 is 1.73 bits per heavy atom. The van der Waals surface area contributed by atoms with Gasteiger partial charge < -0.3 is 9.64 Å².